The number of alkyl halides is 3. The number of hydrogen-bond donors (Lipinski definition) is 3. The number of thiol groups is 1. The first-order valence-electron chi connectivity index (χ1n) is 7.44. The second-order valence-corrected chi connectivity index (χ2v) is 6.90. The van der Waals surface area contributed by atoms with Gasteiger partial charge in [-0.1, -0.05) is 56.2 Å². The zero-order chi connectivity index (χ0) is 17.4. The smallest absolute Gasteiger partial charge is 0.340 e. The van der Waals surface area contributed by atoms with Crippen LogP contribution >= 0.6 is 35.2 Å². The average Bonchev–Trinajstić information content (AvgIpc) is 2.47. The first kappa shape index (κ1) is 22.8. The average molecular weight is 456 g/mol. The van der Waals surface area contributed by atoms with Gasteiger partial charge in [-0.25, -0.2) is 0 Å². The van der Waals surface area contributed by atoms with Crippen molar-refractivity contribution in [3.63, 3.8) is 0 Å². The van der Waals surface area contributed by atoms with Crippen LogP contribution in [-0.4, -0.2) is 44.7 Å². The first-order valence-corrected chi connectivity index (χ1v) is 9.41. The van der Waals surface area contributed by atoms with Crippen LogP contribution in [-0.2, 0) is 9.47 Å². The van der Waals surface area contributed by atoms with Crippen molar-refractivity contribution in [2.45, 2.75) is 69.9 Å². The Labute approximate surface area is 150 Å². The molecule has 2 N–H and O–H groups in total. The van der Waals surface area contributed by atoms with Gasteiger partial charge >= 0.3 is 5.25 Å². The largest absolute Gasteiger partial charge is 0.366 e. The van der Waals surface area contributed by atoms with E-state index < -0.39 is 30.0 Å². The summed E-state index contributed by atoms with van der Waals surface area (Å²) in [5.74, 6) is 0.190. The lowest BCUT2D eigenvalue weighted by Gasteiger charge is -2.39. The summed E-state index contributed by atoms with van der Waals surface area (Å²) >= 11 is 5.18. The highest BCUT2D eigenvalue weighted by Crippen LogP contribution is 2.34. The third-order valence-electron chi connectivity index (χ3n) is 3.75. The number of ether oxygens (including phenoxy) is 2. The van der Waals surface area contributed by atoms with E-state index in [2.05, 4.69) is 46.9 Å². The Morgan fingerprint density at radius 1 is 1.27 bits per heavy atom. The van der Waals surface area contributed by atoms with Crippen LogP contribution in [0.5, 0.6) is 0 Å². The Morgan fingerprint density at radius 3 is 2.27 bits per heavy atom. The summed E-state index contributed by atoms with van der Waals surface area (Å²) in [4.78, 5) is 0. The molecule has 4 atom stereocenters. The second-order valence-electron chi connectivity index (χ2n) is 5.42. The van der Waals surface area contributed by atoms with Gasteiger partial charge in [0.15, 0.2) is 6.29 Å². The van der Waals surface area contributed by atoms with Crippen LogP contribution in [0.1, 0.15) is 46.5 Å². The van der Waals surface area contributed by atoms with Crippen molar-refractivity contribution < 1.29 is 28.5 Å². The van der Waals surface area contributed by atoms with Gasteiger partial charge in [0.1, 0.15) is 6.61 Å². The molecule has 4 nitrogen and oxygen atoms in total. The van der Waals surface area contributed by atoms with E-state index in [4.69, 9.17) is 9.84 Å². The number of halogens is 3. The van der Waals surface area contributed by atoms with Crippen LogP contribution in [0.2, 0.25) is 0 Å². The van der Waals surface area contributed by atoms with E-state index in [0.717, 1.165) is 23.7 Å². The second kappa shape index (κ2) is 10.6. The molecule has 0 radical (unpaired) electrons. The molecule has 0 aromatic carbocycles. The predicted octanol–water partition coefficient (Wildman–Crippen LogP) is 3.59. The number of aliphatic hydroxyl groups excluding tert-OH is 2. The van der Waals surface area contributed by atoms with Gasteiger partial charge in [-0.15, -0.1) is 12.6 Å². The van der Waals surface area contributed by atoms with Gasteiger partial charge in [-0.2, -0.15) is 8.78 Å². The fraction of sp³-hybridized carbons (Fsp3) is 1.00. The molecule has 0 saturated heterocycles. The Bertz CT molecular complexity index is 307. The lowest BCUT2D eigenvalue weighted by Crippen LogP contribution is -2.45. The molecule has 0 rings (SSSR count). The summed E-state index contributed by atoms with van der Waals surface area (Å²) in [5.41, 5.74) is -0.533. The molecule has 0 aliphatic rings. The van der Waals surface area contributed by atoms with Crippen molar-refractivity contribution in [3.8, 4) is 0 Å². The van der Waals surface area contributed by atoms with Crippen molar-refractivity contribution in [2.24, 2.45) is 5.92 Å². The molecule has 0 amide bonds. The number of rotatable bonds is 12. The Hall–Kier alpha value is 0.780. The zero-order valence-corrected chi connectivity index (χ0v) is 16.3. The lowest BCUT2D eigenvalue weighted by atomic mass is 9.83. The zero-order valence-electron chi connectivity index (χ0n) is 13.3. The standard InChI is InChI=1S/C14H27F2IO4S/c1-4-6-7-13(5-2,10(3)8-17)21-11(18)9-20-12(19)14(15,16)22/h10-12,18-19,22H,4-9H2,1-3H3. The fourth-order valence-electron chi connectivity index (χ4n) is 2.23. The van der Waals surface area contributed by atoms with Gasteiger partial charge in [0, 0.05) is 4.43 Å². The van der Waals surface area contributed by atoms with Gasteiger partial charge in [-0.3, -0.25) is 0 Å². The van der Waals surface area contributed by atoms with Gasteiger partial charge in [0.2, 0.25) is 6.29 Å². The maximum Gasteiger partial charge on any atom is 0.340 e. The van der Waals surface area contributed by atoms with E-state index >= 15 is 0 Å². The summed E-state index contributed by atoms with van der Waals surface area (Å²) in [5, 5.41) is 15.3. The predicted molar refractivity (Wildman–Crippen MR) is 93.6 cm³/mol. The van der Waals surface area contributed by atoms with Gasteiger partial charge in [0.25, 0.3) is 0 Å². The molecular formula is C14H27F2IO4S. The monoisotopic (exact) mass is 456 g/mol. The Balaban J connectivity index is 4.70. The molecular weight excluding hydrogens is 429 g/mol. The molecule has 0 bridgehead atoms. The molecule has 0 aliphatic heterocycles. The molecule has 0 spiro atoms. The Kier molecular flexibility index (Phi) is 11.0. The van der Waals surface area contributed by atoms with Crippen molar-refractivity contribution in [1.29, 1.82) is 0 Å². The highest BCUT2D eigenvalue weighted by molar-refractivity contribution is 14.1. The molecule has 0 aliphatic carbocycles. The molecule has 0 heterocycles. The van der Waals surface area contributed by atoms with Crippen molar-refractivity contribution in [3.05, 3.63) is 0 Å². The van der Waals surface area contributed by atoms with Crippen LogP contribution in [0.25, 0.3) is 0 Å². The van der Waals surface area contributed by atoms with Crippen LogP contribution in [0.3, 0.4) is 0 Å². The van der Waals surface area contributed by atoms with Crippen LogP contribution < -0.4 is 0 Å². The molecule has 22 heavy (non-hydrogen) atoms. The van der Waals surface area contributed by atoms with E-state index in [0.29, 0.717) is 6.42 Å². The van der Waals surface area contributed by atoms with Crippen LogP contribution in [0, 0.1) is 5.92 Å². The number of aliphatic hydroxyl groups is 2. The summed E-state index contributed by atoms with van der Waals surface area (Å²) in [6, 6.07) is 0. The maximum absolute atomic E-state index is 12.7. The van der Waals surface area contributed by atoms with Crippen molar-refractivity contribution >= 4 is 35.2 Å². The van der Waals surface area contributed by atoms with Gasteiger partial charge < -0.3 is 19.7 Å². The molecule has 134 valence electrons. The minimum atomic E-state index is -3.68. The third kappa shape index (κ3) is 7.57. The highest BCUT2D eigenvalue weighted by Gasteiger charge is 2.38. The van der Waals surface area contributed by atoms with E-state index in [1.165, 1.54) is 0 Å². The normalized spacial score (nSPS) is 19.5. The summed E-state index contributed by atoms with van der Waals surface area (Å²) < 4.78 is 36.5. The maximum atomic E-state index is 12.7. The molecule has 0 aromatic heterocycles. The molecule has 0 fully saturated rings. The lowest BCUT2D eigenvalue weighted by molar-refractivity contribution is -0.261. The quantitative estimate of drug-likeness (QED) is 0.182. The molecule has 4 unspecified atom stereocenters. The van der Waals surface area contributed by atoms with E-state index in [1.54, 1.807) is 0 Å². The number of hydrogen-bond acceptors (Lipinski definition) is 5. The molecule has 0 aromatic rings. The molecule has 0 saturated carbocycles. The topological polar surface area (TPSA) is 58.9 Å². The summed E-state index contributed by atoms with van der Waals surface area (Å²) in [7, 11) is 0. The summed E-state index contributed by atoms with van der Waals surface area (Å²) in [6.07, 6.45) is -0.363. The van der Waals surface area contributed by atoms with Crippen LogP contribution in [0.15, 0.2) is 0 Å². The number of unbranched alkanes of at least 4 members (excludes halogenated alkanes) is 1. The van der Waals surface area contributed by atoms with E-state index in [1.807, 2.05) is 13.8 Å². The van der Waals surface area contributed by atoms with Crippen molar-refractivity contribution in [2.75, 3.05) is 11.0 Å². The SMILES string of the molecule is CCCCC(CC)(OC(O)COC(O)C(F)(F)S)C(C)CI. The highest BCUT2D eigenvalue weighted by atomic mass is 127. The molecule has 8 heteroatoms. The van der Waals surface area contributed by atoms with E-state index in [9.17, 15) is 13.9 Å². The minimum Gasteiger partial charge on any atom is -0.366 e. The summed E-state index contributed by atoms with van der Waals surface area (Å²) in [6.45, 7) is 5.54. The van der Waals surface area contributed by atoms with E-state index in [-0.39, 0.29) is 5.92 Å². The van der Waals surface area contributed by atoms with Crippen LogP contribution in [0.4, 0.5) is 8.78 Å². The van der Waals surface area contributed by atoms with Gasteiger partial charge in [-0.05, 0) is 18.8 Å². The minimum absolute atomic E-state index is 0.190. The Morgan fingerprint density at radius 2 is 1.86 bits per heavy atom. The fourth-order valence-corrected chi connectivity index (χ4v) is 3.10. The third-order valence-corrected chi connectivity index (χ3v) is 5.29. The van der Waals surface area contributed by atoms with Crippen molar-refractivity contribution in [1.82, 2.24) is 0 Å². The first-order chi connectivity index (χ1) is 10.1. The van der Waals surface area contributed by atoms with Gasteiger partial charge in [0.05, 0.1) is 5.60 Å².